The Bertz CT molecular complexity index is 778. The smallest absolute Gasteiger partial charge is 0.223 e. The summed E-state index contributed by atoms with van der Waals surface area (Å²) in [6.07, 6.45) is 0.707. The Balaban J connectivity index is 1.61. The molecule has 0 heterocycles. The van der Waals surface area contributed by atoms with Crippen molar-refractivity contribution in [2.45, 2.75) is 18.4 Å². The topological polar surface area (TPSA) is 41.6 Å². The number of rotatable bonds is 7. The third-order valence-electron chi connectivity index (χ3n) is 5.00. The van der Waals surface area contributed by atoms with E-state index in [0.29, 0.717) is 18.5 Å². The molecule has 26 heavy (non-hydrogen) atoms. The first kappa shape index (κ1) is 18.4. The summed E-state index contributed by atoms with van der Waals surface area (Å²) >= 11 is 0. The highest BCUT2D eigenvalue weighted by atomic mass is 19.1. The number of benzene rings is 2. The van der Waals surface area contributed by atoms with E-state index >= 15 is 0 Å². The predicted octanol–water partition coefficient (Wildman–Crippen LogP) is 3.36. The summed E-state index contributed by atoms with van der Waals surface area (Å²) in [6.45, 7) is 0.499. The van der Waals surface area contributed by atoms with E-state index in [2.05, 4.69) is 10.2 Å². The molecule has 3 atom stereocenters. The average molecular weight is 356 g/mol. The lowest BCUT2D eigenvalue weighted by molar-refractivity contribution is -0.122. The lowest BCUT2D eigenvalue weighted by Crippen LogP contribution is -2.35. The lowest BCUT2D eigenvalue weighted by Gasteiger charge is -2.25. The van der Waals surface area contributed by atoms with Gasteiger partial charge in [0.15, 0.2) is 0 Å². The molecule has 0 spiro atoms. The van der Waals surface area contributed by atoms with Crippen molar-refractivity contribution >= 4 is 5.91 Å². The molecule has 2 aromatic carbocycles. The highest BCUT2D eigenvalue weighted by molar-refractivity contribution is 5.83. The summed E-state index contributed by atoms with van der Waals surface area (Å²) in [5.74, 6) is 0.414. The summed E-state index contributed by atoms with van der Waals surface area (Å²) in [4.78, 5) is 14.6. The molecule has 2 aromatic rings. The molecule has 1 amide bonds. The molecule has 1 aliphatic carbocycles. The molecule has 0 saturated heterocycles. The zero-order valence-corrected chi connectivity index (χ0v) is 15.4. The van der Waals surface area contributed by atoms with E-state index in [9.17, 15) is 9.18 Å². The third kappa shape index (κ3) is 4.05. The first-order valence-electron chi connectivity index (χ1n) is 8.83. The van der Waals surface area contributed by atoms with Crippen molar-refractivity contribution in [1.29, 1.82) is 0 Å². The fraction of sp³-hybridized carbons (Fsp3) is 0.381. The van der Waals surface area contributed by atoms with Crippen LogP contribution in [0.1, 0.15) is 29.5 Å². The number of halogens is 1. The molecule has 1 N–H and O–H groups in total. The van der Waals surface area contributed by atoms with Gasteiger partial charge in [-0.25, -0.2) is 4.39 Å². The molecular weight excluding hydrogens is 331 g/mol. The zero-order chi connectivity index (χ0) is 18.7. The Kier molecular flexibility index (Phi) is 5.57. The lowest BCUT2D eigenvalue weighted by atomic mass is 10.1. The van der Waals surface area contributed by atoms with Gasteiger partial charge in [0.25, 0.3) is 0 Å². The predicted molar refractivity (Wildman–Crippen MR) is 99.7 cm³/mol. The van der Waals surface area contributed by atoms with Gasteiger partial charge in [-0.1, -0.05) is 30.3 Å². The van der Waals surface area contributed by atoms with Crippen LogP contribution in [0.4, 0.5) is 4.39 Å². The summed E-state index contributed by atoms with van der Waals surface area (Å²) in [5, 5.41) is 3.04. The molecule has 1 fully saturated rings. The first-order valence-corrected chi connectivity index (χ1v) is 8.83. The van der Waals surface area contributed by atoms with Crippen molar-refractivity contribution in [3.05, 3.63) is 65.5 Å². The highest BCUT2D eigenvalue weighted by Gasteiger charge is 2.45. The van der Waals surface area contributed by atoms with Gasteiger partial charge in [-0.15, -0.1) is 0 Å². The molecule has 0 radical (unpaired) electrons. The summed E-state index contributed by atoms with van der Waals surface area (Å²) in [6, 6.07) is 14.6. The zero-order valence-electron chi connectivity index (χ0n) is 15.4. The number of methoxy groups -OCH3 is 1. The Morgan fingerprint density at radius 2 is 2.04 bits per heavy atom. The van der Waals surface area contributed by atoms with E-state index < -0.39 is 0 Å². The van der Waals surface area contributed by atoms with Gasteiger partial charge in [-0.05, 0) is 55.8 Å². The van der Waals surface area contributed by atoms with Gasteiger partial charge in [0.2, 0.25) is 5.91 Å². The van der Waals surface area contributed by atoms with E-state index in [1.807, 2.05) is 44.4 Å². The molecule has 3 rings (SSSR count). The van der Waals surface area contributed by atoms with Crippen molar-refractivity contribution in [2.75, 3.05) is 27.7 Å². The molecule has 1 aliphatic rings. The fourth-order valence-electron chi connectivity index (χ4n) is 3.38. The van der Waals surface area contributed by atoms with Crippen molar-refractivity contribution in [2.24, 2.45) is 5.92 Å². The monoisotopic (exact) mass is 356 g/mol. The second-order valence-electron chi connectivity index (χ2n) is 6.97. The Morgan fingerprint density at radius 1 is 1.27 bits per heavy atom. The van der Waals surface area contributed by atoms with Crippen molar-refractivity contribution < 1.29 is 13.9 Å². The maximum atomic E-state index is 13.9. The molecule has 4 nitrogen and oxygen atoms in total. The number of hydrogen-bond donors (Lipinski definition) is 1. The van der Waals surface area contributed by atoms with Gasteiger partial charge in [-0.3, -0.25) is 4.79 Å². The Labute approximate surface area is 154 Å². The van der Waals surface area contributed by atoms with Crippen molar-refractivity contribution in [3.8, 4) is 5.75 Å². The minimum atomic E-state index is -0.227. The Morgan fingerprint density at radius 3 is 2.73 bits per heavy atom. The van der Waals surface area contributed by atoms with E-state index in [1.165, 1.54) is 6.07 Å². The van der Waals surface area contributed by atoms with Gasteiger partial charge in [0.05, 0.1) is 13.2 Å². The molecule has 1 saturated carbocycles. The fourth-order valence-corrected chi connectivity index (χ4v) is 3.38. The van der Waals surface area contributed by atoms with Crippen LogP contribution >= 0.6 is 0 Å². The van der Waals surface area contributed by atoms with Crippen LogP contribution in [-0.4, -0.2) is 38.6 Å². The molecule has 3 unspecified atom stereocenters. The number of amides is 1. The summed E-state index contributed by atoms with van der Waals surface area (Å²) in [5.41, 5.74) is 1.72. The van der Waals surface area contributed by atoms with E-state index in [-0.39, 0.29) is 29.6 Å². The van der Waals surface area contributed by atoms with Gasteiger partial charge in [-0.2, -0.15) is 0 Å². The van der Waals surface area contributed by atoms with Crippen LogP contribution in [0.2, 0.25) is 0 Å². The molecule has 0 bridgehead atoms. The molecule has 0 aromatic heterocycles. The Hall–Kier alpha value is -2.40. The number of carbonyl (C=O) groups excluding carboxylic acids is 1. The number of nitrogens with zero attached hydrogens (tertiary/aromatic N) is 1. The van der Waals surface area contributed by atoms with Crippen LogP contribution in [0.15, 0.2) is 48.5 Å². The standard InChI is InChI=1S/C21H25FN2O2/c1-24(2)20(14-7-6-8-15(11-14)26-3)13-23-21(25)18-12-17(18)16-9-4-5-10-19(16)22/h4-11,17-18,20H,12-13H2,1-3H3,(H,23,25). The van der Waals surface area contributed by atoms with Crippen LogP contribution in [-0.2, 0) is 4.79 Å². The molecule has 5 heteroatoms. The van der Waals surface area contributed by atoms with Gasteiger partial charge in [0.1, 0.15) is 11.6 Å². The highest BCUT2D eigenvalue weighted by Crippen LogP contribution is 2.48. The van der Waals surface area contributed by atoms with Crippen LogP contribution in [0.3, 0.4) is 0 Å². The number of nitrogens with one attached hydrogen (secondary N) is 1. The van der Waals surface area contributed by atoms with Gasteiger partial charge >= 0.3 is 0 Å². The number of ether oxygens (including phenoxy) is 1. The van der Waals surface area contributed by atoms with E-state index in [4.69, 9.17) is 4.74 Å². The van der Waals surface area contributed by atoms with Crippen LogP contribution in [0, 0.1) is 11.7 Å². The van der Waals surface area contributed by atoms with E-state index in [0.717, 1.165) is 11.3 Å². The minimum Gasteiger partial charge on any atom is -0.497 e. The third-order valence-corrected chi connectivity index (χ3v) is 5.00. The minimum absolute atomic E-state index is 0.00648. The number of hydrogen-bond acceptors (Lipinski definition) is 3. The summed E-state index contributed by atoms with van der Waals surface area (Å²) in [7, 11) is 5.60. The molecule has 0 aliphatic heterocycles. The normalized spacial score (nSPS) is 19.9. The second kappa shape index (κ2) is 7.87. The quantitative estimate of drug-likeness (QED) is 0.827. The van der Waals surface area contributed by atoms with Crippen molar-refractivity contribution in [1.82, 2.24) is 10.2 Å². The van der Waals surface area contributed by atoms with Gasteiger partial charge < -0.3 is 15.0 Å². The second-order valence-corrected chi connectivity index (χ2v) is 6.97. The van der Waals surface area contributed by atoms with Crippen LogP contribution in [0.5, 0.6) is 5.75 Å². The molecular formula is C21H25FN2O2. The number of likely N-dealkylation sites (N-methyl/N-ethyl adjacent to an activating group) is 1. The average Bonchev–Trinajstić information content (AvgIpc) is 3.42. The maximum Gasteiger partial charge on any atom is 0.223 e. The largest absolute Gasteiger partial charge is 0.497 e. The maximum absolute atomic E-state index is 13.9. The van der Waals surface area contributed by atoms with Gasteiger partial charge in [0, 0.05) is 12.5 Å². The number of carbonyl (C=O) groups is 1. The van der Waals surface area contributed by atoms with Crippen molar-refractivity contribution in [3.63, 3.8) is 0 Å². The SMILES string of the molecule is COc1cccc(C(CNC(=O)C2CC2c2ccccc2F)N(C)C)c1. The van der Waals surface area contributed by atoms with Crippen LogP contribution < -0.4 is 10.1 Å². The molecule has 138 valence electrons. The first-order chi connectivity index (χ1) is 12.5. The van der Waals surface area contributed by atoms with Crippen LogP contribution in [0.25, 0.3) is 0 Å². The van der Waals surface area contributed by atoms with E-state index in [1.54, 1.807) is 19.2 Å². The summed E-state index contributed by atoms with van der Waals surface area (Å²) < 4.78 is 19.2.